The van der Waals surface area contributed by atoms with Crippen LogP contribution in [0.5, 0.6) is 0 Å². The summed E-state index contributed by atoms with van der Waals surface area (Å²) in [5, 5.41) is 6.20. The Balaban J connectivity index is 1.99. The molecule has 1 saturated heterocycles. The maximum Gasteiger partial charge on any atom is 0.228 e. The summed E-state index contributed by atoms with van der Waals surface area (Å²) < 4.78 is 0. The SMILES string of the molecule is Cc1cnccc1NC(=O)[C@H]1CCCNC1. The van der Waals surface area contributed by atoms with Crippen molar-refractivity contribution in [3.8, 4) is 0 Å². The third kappa shape index (κ3) is 2.58. The normalized spacial score (nSPS) is 20.4. The zero-order chi connectivity index (χ0) is 11.4. The fraction of sp³-hybridized carbons (Fsp3) is 0.500. The Labute approximate surface area is 95.5 Å². The van der Waals surface area contributed by atoms with Crippen LogP contribution >= 0.6 is 0 Å². The van der Waals surface area contributed by atoms with Crippen molar-refractivity contribution in [2.75, 3.05) is 18.4 Å². The predicted octanol–water partition coefficient (Wildman–Crippen LogP) is 1.33. The van der Waals surface area contributed by atoms with Crippen LogP contribution in [0.25, 0.3) is 0 Å². The third-order valence-corrected chi connectivity index (χ3v) is 2.95. The van der Waals surface area contributed by atoms with Gasteiger partial charge in [0.1, 0.15) is 0 Å². The molecule has 1 aromatic rings. The average molecular weight is 219 g/mol. The maximum absolute atomic E-state index is 11.9. The molecule has 0 bridgehead atoms. The largest absolute Gasteiger partial charge is 0.325 e. The maximum atomic E-state index is 11.9. The van der Waals surface area contributed by atoms with Crippen LogP contribution in [0.3, 0.4) is 0 Å². The van der Waals surface area contributed by atoms with E-state index in [0.29, 0.717) is 0 Å². The van der Waals surface area contributed by atoms with Gasteiger partial charge in [-0.25, -0.2) is 0 Å². The molecule has 1 amide bonds. The first-order valence-electron chi connectivity index (χ1n) is 5.69. The van der Waals surface area contributed by atoms with Gasteiger partial charge in [-0.3, -0.25) is 9.78 Å². The van der Waals surface area contributed by atoms with Gasteiger partial charge in [-0.2, -0.15) is 0 Å². The molecule has 0 radical (unpaired) electrons. The molecule has 0 aromatic carbocycles. The number of hydrogen-bond acceptors (Lipinski definition) is 3. The van der Waals surface area contributed by atoms with Crippen LogP contribution in [0.15, 0.2) is 18.5 Å². The number of rotatable bonds is 2. The van der Waals surface area contributed by atoms with Crippen molar-refractivity contribution in [3.63, 3.8) is 0 Å². The second-order valence-electron chi connectivity index (χ2n) is 4.22. The molecule has 4 nitrogen and oxygen atoms in total. The summed E-state index contributed by atoms with van der Waals surface area (Å²) in [4.78, 5) is 15.9. The number of hydrogen-bond donors (Lipinski definition) is 2. The Hall–Kier alpha value is -1.42. The standard InChI is InChI=1S/C12H17N3O/c1-9-7-14-6-4-11(9)15-12(16)10-3-2-5-13-8-10/h4,6-7,10,13H,2-3,5,8H2,1H3,(H,14,15,16)/t10-/m0/s1. The summed E-state index contributed by atoms with van der Waals surface area (Å²) in [6.45, 7) is 3.76. The fourth-order valence-electron chi connectivity index (χ4n) is 1.92. The van der Waals surface area contributed by atoms with Crippen molar-refractivity contribution < 1.29 is 4.79 Å². The number of nitrogens with zero attached hydrogens (tertiary/aromatic N) is 1. The highest BCUT2D eigenvalue weighted by molar-refractivity contribution is 5.93. The van der Waals surface area contributed by atoms with Gasteiger partial charge >= 0.3 is 0 Å². The highest BCUT2D eigenvalue weighted by Gasteiger charge is 2.20. The van der Waals surface area contributed by atoms with E-state index in [1.54, 1.807) is 12.4 Å². The third-order valence-electron chi connectivity index (χ3n) is 2.95. The Morgan fingerprint density at radius 1 is 1.62 bits per heavy atom. The molecule has 1 aliphatic heterocycles. The number of pyridine rings is 1. The summed E-state index contributed by atoms with van der Waals surface area (Å²) in [6.07, 6.45) is 5.51. The van der Waals surface area contributed by atoms with E-state index in [2.05, 4.69) is 15.6 Å². The van der Waals surface area contributed by atoms with Gasteiger partial charge in [0.25, 0.3) is 0 Å². The lowest BCUT2D eigenvalue weighted by atomic mass is 9.98. The van der Waals surface area contributed by atoms with Crippen LogP contribution in [-0.4, -0.2) is 24.0 Å². The minimum absolute atomic E-state index is 0.0984. The fourth-order valence-corrected chi connectivity index (χ4v) is 1.92. The quantitative estimate of drug-likeness (QED) is 0.789. The molecule has 1 aliphatic rings. The Bertz CT molecular complexity index is 372. The van der Waals surface area contributed by atoms with E-state index in [-0.39, 0.29) is 11.8 Å². The van der Waals surface area contributed by atoms with Gasteiger partial charge in [0.05, 0.1) is 5.92 Å². The molecule has 2 rings (SSSR count). The molecular formula is C12H17N3O. The number of carbonyl (C=O) groups excluding carboxylic acids is 1. The van der Waals surface area contributed by atoms with Crippen LogP contribution in [0.1, 0.15) is 18.4 Å². The summed E-state index contributed by atoms with van der Waals surface area (Å²) in [6, 6.07) is 1.84. The van der Waals surface area contributed by atoms with Gasteiger partial charge in [0.15, 0.2) is 0 Å². The minimum Gasteiger partial charge on any atom is -0.325 e. The van der Waals surface area contributed by atoms with E-state index < -0.39 is 0 Å². The van der Waals surface area contributed by atoms with Crippen molar-refractivity contribution in [1.29, 1.82) is 0 Å². The summed E-state index contributed by atoms with van der Waals surface area (Å²) >= 11 is 0. The highest BCUT2D eigenvalue weighted by atomic mass is 16.1. The van der Waals surface area contributed by atoms with E-state index >= 15 is 0 Å². The van der Waals surface area contributed by atoms with E-state index in [4.69, 9.17) is 0 Å². The van der Waals surface area contributed by atoms with Gasteiger partial charge in [-0.05, 0) is 37.9 Å². The van der Waals surface area contributed by atoms with E-state index in [0.717, 1.165) is 37.2 Å². The van der Waals surface area contributed by atoms with Crippen LogP contribution in [0, 0.1) is 12.8 Å². The van der Waals surface area contributed by atoms with Crippen LogP contribution in [0.4, 0.5) is 5.69 Å². The van der Waals surface area contributed by atoms with Gasteiger partial charge in [-0.1, -0.05) is 0 Å². The van der Waals surface area contributed by atoms with E-state index in [1.807, 2.05) is 13.0 Å². The second kappa shape index (κ2) is 5.07. The first kappa shape index (κ1) is 11.1. The highest BCUT2D eigenvalue weighted by Crippen LogP contribution is 2.16. The van der Waals surface area contributed by atoms with Gasteiger partial charge < -0.3 is 10.6 Å². The number of aromatic nitrogens is 1. The zero-order valence-electron chi connectivity index (χ0n) is 9.49. The number of piperidine rings is 1. The first-order chi connectivity index (χ1) is 7.77. The molecule has 1 atom stereocenters. The Morgan fingerprint density at radius 2 is 2.50 bits per heavy atom. The summed E-state index contributed by atoms with van der Waals surface area (Å²) in [7, 11) is 0. The Kier molecular flexibility index (Phi) is 3.51. The molecule has 0 unspecified atom stereocenters. The number of aryl methyl sites for hydroxylation is 1. The predicted molar refractivity (Wildman–Crippen MR) is 63.2 cm³/mol. The molecule has 2 heterocycles. The molecule has 2 N–H and O–H groups in total. The average Bonchev–Trinajstić information content (AvgIpc) is 2.33. The molecule has 0 saturated carbocycles. The Morgan fingerprint density at radius 3 is 3.19 bits per heavy atom. The lowest BCUT2D eigenvalue weighted by molar-refractivity contribution is -0.120. The topological polar surface area (TPSA) is 54.0 Å². The van der Waals surface area contributed by atoms with E-state index in [1.165, 1.54) is 0 Å². The van der Waals surface area contributed by atoms with Crippen LogP contribution in [-0.2, 0) is 4.79 Å². The molecule has 1 fully saturated rings. The van der Waals surface area contributed by atoms with Gasteiger partial charge in [-0.15, -0.1) is 0 Å². The molecule has 0 spiro atoms. The van der Waals surface area contributed by atoms with Gasteiger partial charge in [0, 0.05) is 24.6 Å². The van der Waals surface area contributed by atoms with Crippen molar-refractivity contribution in [3.05, 3.63) is 24.0 Å². The van der Waals surface area contributed by atoms with Crippen molar-refractivity contribution in [2.24, 2.45) is 5.92 Å². The molecule has 16 heavy (non-hydrogen) atoms. The van der Waals surface area contributed by atoms with Crippen molar-refractivity contribution in [2.45, 2.75) is 19.8 Å². The van der Waals surface area contributed by atoms with Crippen molar-refractivity contribution in [1.82, 2.24) is 10.3 Å². The number of carbonyl (C=O) groups is 1. The summed E-state index contributed by atoms with van der Waals surface area (Å²) in [5.74, 6) is 0.211. The first-order valence-corrected chi connectivity index (χ1v) is 5.69. The van der Waals surface area contributed by atoms with Crippen molar-refractivity contribution >= 4 is 11.6 Å². The molecule has 0 aliphatic carbocycles. The zero-order valence-corrected chi connectivity index (χ0v) is 9.49. The lowest BCUT2D eigenvalue weighted by Crippen LogP contribution is -2.37. The minimum atomic E-state index is 0.0984. The molecule has 86 valence electrons. The molecule has 4 heteroatoms. The number of nitrogens with one attached hydrogen (secondary N) is 2. The smallest absolute Gasteiger partial charge is 0.228 e. The van der Waals surface area contributed by atoms with E-state index in [9.17, 15) is 4.79 Å². The van der Waals surface area contributed by atoms with Gasteiger partial charge in [0.2, 0.25) is 5.91 Å². The monoisotopic (exact) mass is 219 g/mol. The number of anilines is 1. The number of amides is 1. The molecule has 1 aromatic heterocycles. The molecular weight excluding hydrogens is 202 g/mol. The lowest BCUT2D eigenvalue weighted by Gasteiger charge is -2.22. The summed E-state index contributed by atoms with van der Waals surface area (Å²) in [5.41, 5.74) is 1.87. The van der Waals surface area contributed by atoms with Crippen LogP contribution < -0.4 is 10.6 Å². The second-order valence-corrected chi connectivity index (χ2v) is 4.22. The van der Waals surface area contributed by atoms with Crippen LogP contribution in [0.2, 0.25) is 0 Å².